The predicted molar refractivity (Wildman–Crippen MR) is 71.7 cm³/mol. The van der Waals surface area contributed by atoms with E-state index in [1.807, 2.05) is 58.9 Å². The number of aryl methyl sites for hydroxylation is 1. The van der Waals surface area contributed by atoms with E-state index in [-0.39, 0.29) is 12.1 Å². The van der Waals surface area contributed by atoms with E-state index in [4.69, 9.17) is 9.47 Å². The number of hydrogen-bond donors (Lipinski definition) is 0. The Bertz CT molecular complexity index is 391. The lowest BCUT2D eigenvalue weighted by atomic mass is 9.95. The van der Waals surface area contributed by atoms with E-state index in [1.54, 1.807) is 0 Å². The molecule has 18 heavy (non-hydrogen) atoms. The zero-order chi connectivity index (χ0) is 13.8. The molecule has 0 amide bonds. The summed E-state index contributed by atoms with van der Waals surface area (Å²) in [5.74, 6) is 0.538. The number of esters is 1. The van der Waals surface area contributed by atoms with Crippen LogP contribution < -0.4 is 4.74 Å². The second-order valence-electron chi connectivity index (χ2n) is 5.44. The first-order valence-corrected chi connectivity index (χ1v) is 6.22. The molecule has 1 aromatic carbocycles. The summed E-state index contributed by atoms with van der Waals surface area (Å²) in [7, 11) is 0. The highest BCUT2D eigenvalue weighted by Gasteiger charge is 2.31. The third kappa shape index (κ3) is 4.40. The third-order valence-corrected chi connectivity index (χ3v) is 2.52. The number of benzene rings is 1. The highest BCUT2D eigenvalue weighted by molar-refractivity contribution is 5.76. The Kier molecular flexibility index (Phi) is 4.76. The van der Waals surface area contributed by atoms with Crippen molar-refractivity contribution in [2.24, 2.45) is 5.41 Å². The van der Waals surface area contributed by atoms with Crippen molar-refractivity contribution >= 4 is 5.97 Å². The number of carbonyl (C=O) groups is 1. The van der Waals surface area contributed by atoms with Crippen LogP contribution in [0.25, 0.3) is 0 Å². The number of hydrogen-bond acceptors (Lipinski definition) is 3. The molecule has 0 aliphatic rings. The molecule has 0 aliphatic carbocycles. The number of carbonyl (C=O) groups excluding carboxylic acids is 1. The zero-order valence-corrected chi connectivity index (χ0v) is 11.8. The lowest BCUT2D eigenvalue weighted by Gasteiger charge is -2.24. The Balaban J connectivity index is 2.55. The van der Waals surface area contributed by atoms with Gasteiger partial charge >= 0.3 is 5.97 Å². The van der Waals surface area contributed by atoms with Crippen LogP contribution in [0.2, 0.25) is 0 Å². The average Bonchev–Trinajstić information content (AvgIpc) is 2.27. The van der Waals surface area contributed by atoms with Crippen LogP contribution in [0.3, 0.4) is 0 Å². The van der Waals surface area contributed by atoms with Gasteiger partial charge in [0.15, 0.2) is 0 Å². The van der Waals surface area contributed by atoms with Crippen molar-refractivity contribution in [3.8, 4) is 5.75 Å². The van der Waals surface area contributed by atoms with Crippen molar-refractivity contribution in [2.75, 3.05) is 6.61 Å². The summed E-state index contributed by atoms with van der Waals surface area (Å²) < 4.78 is 10.8. The predicted octanol–water partition coefficient (Wildman–Crippen LogP) is 3.35. The molecule has 0 unspecified atom stereocenters. The maximum atomic E-state index is 11.8. The fourth-order valence-corrected chi connectivity index (χ4v) is 1.33. The van der Waals surface area contributed by atoms with Gasteiger partial charge in [-0.2, -0.15) is 0 Å². The van der Waals surface area contributed by atoms with E-state index < -0.39 is 5.41 Å². The maximum Gasteiger partial charge on any atom is 0.315 e. The molecule has 0 aromatic heterocycles. The quantitative estimate of drug-likeness (QED) is 0.752. The molecule has 3 heteroatoms. The smallest absolute Gasteiger partial charge is 0.315 e. The molecule has 0 saturated heterocycles. The van der Waals surface area contributed by atoms with Gasteiger partial charge in [0.2, 0.25) is 0 Å². The molecule has 0 aliphatic heterocycles. The summed E-state index contributed by atoms with van der Waals surface area (Å²) in [6.45, 7) is 9.66. The van der Waals surface area contributed by atoms with Gasteiger partial charge in [-0.15, -0.1) is 0 Å². The van der Waals surface area contributed by atoms with Crippen molar-refractivity contribution in [1.82, 2.24) is 0 Å². The zero-order valence-electron chi connectivity index (χ0n) is 11.8. The molecule has 0 heterocycles. The van der Waals surface area contributed by atoms with E-state index >= 15 is 0 Å². The highest BCUT2D eigenvalue weighted by atomic mass is 16.5. The number of rotatable bonds is 5. The fraction of sp³-hybridized carbons (Fsp3) is 0.533. The molecule has 0 spiro atoms. The minimum absolute atomic E-state index is 0.101. The van der Waals surface area contributed by atoms with Crippen molar-refractivity contribution in [2.45, 2.75) is 40.7 Å². The lowest BCUT2D eigenvalue weighted by Crippen LogP contribution is -2.34. The SMILES string of the molecule is Cc1ccc(OCC(C)(C)C(=O)OC(C)C)cc1. The van der Waals surface area contributed by atoms with Crippen LogP contribution in [0, 0.1) is 12.3 Å². The standard InChI is InChI=1S/C15H22O3/c1-11(2)18-14(16)15(4,5)10-17-13-8-6-12(3)7-9-13/h6-9,11H,10H2,1-5H3. The van der Waals surface area contributed by atoms with Crippen LogP contribution in [0.15, 0.2) is 24.3 Å². The molecule has 3 nitrogen and oxygen atoms in total. The van der Waals surface area contributed by atoms with Crippen LogP contribution in [0.1, 0.15) is 33.3 Å². The summed E-state index contributed by atoms with van der Waals surface area (Å²) in [6.07, 6.45) is -0.101. The Morgan fingerprint density at radius 1 is 1.22 bits per heavy atom. The maximum absolute atomic E-state index is 11.8. The van der Waals surface area contributed by atoms with Gasteiger partial charge in [0.05, 0.1) is 11.5 Å². The van der Waals surface area contributed by atoms with Crippen LogP contribution in [-0.2, 0) is 9.53 Å². The molecule has 1 aromatic rings. The average molecular weight is 250 g/mol. The van der Waals surface area contributed by atoms with Crippen molar-refractivity contribution < 1.29 is 14.3 Å². The molecule has 0 atom stereocenters. The van der Waals surface area contributed by atoms with Crippen molar-refractivity contribution in [3.05, 3.63) is 29.8 Å². The summed E-state index contributed by atoms with van der Waals surface area (Å²) in [5.41, 5.74) is 0.538. The molecule has 0 saturated carbocycles. The first-order chi connectivity index (χ1) is 8.31. The number of ether oxygens (including phenoxy) is 2. The summed E-state index contributed by atoms with van der Waals surface area (Å²) in [4.78, 5) is 11.8. The second kappa shape index (κ2) is 5.89. The van der Waals surface area contributed by atoms with Crippen LogP contribution >= 0.6 is 0 Å². The second-order valence-corrected chi connectivity index (χ2v) is 5.44. The molecule has 1 rings (SSSR count). The summed E-state index contributed by atoms with van der Waals surface area (Å²) >= 11 is 0. The third-order valence-electron chi connectivity index (χ3n) is 2.52. The Hall–Kier alpha value is -1.51. The van der Waals surface area contributed by atoms with E-state index in [2.05, 4.69) is 0 Å². The van der Waals surface area contributed by atoms with Gasteiger partial charge in [-0.3, -0.25) is 4.79 Å². The normalized spacial score (nSPS) is 11.4. The van der Waals surface area contributed by atoms with Crippen LogP contribution in [-0.4, -0.2) is 18.7 Å². The molecule has 0 bridgehead atoms. The summed E-state index contributed by atoms with van der Waals surface area (Å²) in [5, 5.41) is 0. The lowest BCUT2D eigenvalue weighted by molar-refractivity contribution is -0.159. The minimum Gasteiger partial charge on any atom is -0.492 e. The van der Waals surface area contributed by atoms with E-state index in [0.717, 1.165) is 5.75 Å². The first-order valence-electron chi connectivity index (χ1n) is 6.22. The molecule has 100 valence electrons. The highest BCUT2D eigenvalue weighted by Crippen LogP contribution is 2.21. The molecular formula is C15H22O3. The van der Waals surface area contributed by atoms with Crippen molar-refractivity contribution in [3.63, 3.8) is 0 Å². The molecule has 0 N–H and O–H groups in total. The first kappa shape index (κ1) is 14.6. The van der Waals surface area contributed by atoms with E-state index in [0.29, 0.717) is 6.61 Å². The van der Waals surface area contributed by atoms with Gasteiger partial charge < -0.3 is 9.47 Å². The van der Waals surface area contributed by atoms with Gasteiger partial charge in [0.25, 0.3) is 0 Å². The van der Waals surface area contributed by atoms with Gasteiger partial charge in [-0.1, -0.05) is 17.7 Å². The Morgan fingerprint density at radius 3 is 2.28 bits per heavy atom. The minimum atomic E-state index is -0.644. The topological polar surface area (TPSA) is 35.5 Å². The molecule has 0 fully saturated rings. The summed E-state index contributed by atoms with van der Waals surface area (Å²) in [6, 6.07) is 7.77. The van der Waals surface area contributed by atoms with E-state index in [9.17, 15) is 4.79 Å². The van der Waals surface area contributed by atoms with Gasteiger partial charge in [-0.25, -0.2) is 0 Å². The van der Waals surface area contributed by atoms with Gasteiger partial charge in [0.1, 0.15) is 12.4 Å². The van der Waals surface area contributed by atoms with Crippen molar-refractivity contribution in [1.29, 1.82) is 0 Å². The van der Waals surface area contributed by atoms with E-state index in [1.165, 1.54) is 5.56 Å². The largest absolute Gasteiger partial charge is 0.492 e. The Morgan fingerprint density at radius 2 is 1.78 bits per heavy atom. The molecular weight excluding hydrogens is 228 g/mol. The molecule has 0 radical (unpaired) electrons. The Labute approximate surface area is 109 Å². The van der Waals surface area contributed by atoms with Crippen LogP contribution in [0.4, 0.5) is 0 Å². The van der Waals surface area contributed by atoms with Gasteiger partial charge in [0, 0.05) is 0 Å². The monoisotopic (exact) mass is 250 g/mol. The van der Waals surface area contributed by atoms with Crippen LogP contribution in [0.5, 0.6) is 5.75 Å². The van der Waals surface area contributed by atoms with Gasteiger partial charge in [-0.05, 0) is 46.8 Å². The fourth-order valence-electron chi connectivity index (χ4n) is 1.33.